The Balaban J connectivity index is 3.93. The summed E-state index contributed by atoms with van der Waals surface area (Å²) < 4.78 is 0. The highest BCUT2D eigenvalue weighted by Gasteiger charge is 2.14. The van der Waals surface area contributed by atoms with Crippen LogP contribution in [0.25, 0.3) is 0 Å². The van der Waals surface area contributed by atoms with E-state index in [0.717, 1.165) is 12.8 Å². The van der Waals surface area contributed by atoms with E-state index in [0.29, 0.717) is 12.1 Å². The number of rotatable bonds is 9. The van der Waals surface area contributed by atoms with Crippen LogP contribution >= 0.6 is 0 Å². The highest BCUT2D eigenvalue weighted by atomic mass is 16.3. The first-order valence-electron chi connectivity index (χ1n) is 7.51. The fraction of sp³-hybridized carbons (Fsp3) is 0.812. The molecule has 0 aromatic heterocycles. The van der Waals surface area contributed by atoms with Crippen molar-refractivity contribution in [2.75, 3.05) is 0 Å². The zero-order valence-corrected chi connectivity index (χ0v) is 13.1. The van der Waals surface area contributed by atoms with Crippen molar-refractivity contribution in [1.29, 1.82) is 5.26 Å². The minimum absolute atomic E-state index is 0.195. The molecule has 0 aromatic carbocycles. The number of unbranched alkanes of at least 4 members (excludes halogenated alkanes) is 6. The van der Waals surface area contributed by atoms with Crippen LogP contribution in [0.4, 0.5) is 0 Å². The van der Waals surface area contributed by atoms with Gasteiger partial charge in [0.2, 0.25) is 0 Å². The van der Waals surface area contributed by atoms with Crippen molar-refractivity contribution in [3.8, 4) is 6.07 Å². The summed E-state index contributed by atoms with van der Waals surface area (Å²) in [6.07, 6.45) is 9.09. The molecule has 0 aromatic rings. The van der Waals surface area contributed by atoms with E-state index in [2.05, 4.69) is 12.2 Å². The summed E-state index contributed by atoms with van der Waals surface area (Å²) in [7, 11) is 0. The van der Waals surface area contributed by atoms with E-state index in [1.165, 1.54) is 32.1 Å². The number of nitriles is 1. The average Bonchev–Trinajstić information content (AvgIpc) is 2.33. The van der Waals surface area contributed by atoms with Crippen molar-refractivity contribution in [2.45, 2.75) is 84.6 Å². The van der Waals surface area contributed by atoms with E-state index in [9.17, 15) is 5.11 Å². The van der Waals surface area contributed by atoms with Crippen LogP contribution in [0.2, 0.25) is 0 Å². The van der Waals surface area contributed by atoms with Crippen LogP contribution in [0.1, 0.15) is 79.1 Å². The first-order chi connectivity index (χ1) is 8.90. The third kappa shape index (κ3) is 10.4. The van der Waals surface area contributed by atoms with Crippen molar-refractivity contribution in [3.63, 3.8) is 0 Å². The molecule has 3 heteroatoms. The summed E-state index contributed by atoms with van der Waals surface area (Å²) in [4.78, 5) is 0. The zero-order valence-electron chi connectivity index (χ0n) is 13.1. The van der Waals surface area contributed by atoms with E-state index in [1.807, 2.05) is 26.8 Å². The minimum atomic E-state index is -0.195. The van der Waals surface area contributed by atoms with Crippen LogP contribution in [0.3, 0.4) is 0 Å². The Hall–Kier alpha value is -1.17. The molecule has 19 heavy (non-hydrogen) atoms. The molecule has 3 nitrogen and oxygen atoms in total. The fourth-order valence-corrected chi connectivity index (χ4v) is 1.91. The third-order valence-electron chi connectivity index (χ3n) is 2.92. The standard InChI is InChI=1S/C16H30N2O/c1-5-6-7-8-9-10-11-12-15(19)14(13-17)18-16(2,3)4/h18-19H,5-12H2,1-4H3/b15-14-. The minimum Gasteiger partial charge on any atom is -0.509 e. The quantitative estimate of drug-likeness (QED) is 0.358. The molecular formula is C16H30N2O. The van der Waals surface area contributed by atoms with Gasteiger partial charge in [-0.05, 0) is 27.2 Å². The molecule has 0 unspecified atom stereocenters. The summed E-state index contributed by atoms with van der Waals surface area (Å²) >= 11 is 0. The molecule has 0 aliphatic rings. The number of aliphatic hydroxyl groups is 1. The van der Waals surface area contributed by atoms with Crippen LogP contribution in [0.15, 0.2) is 11.5 Å². The molecule has 2 N–H and O–H groups in total. The lowest BCUT2D eigenvalue weighted by molar-refractivity contribution is 0.360. The van der Waals surface area contributed by atoms with Gasteiger partial charge < -0.3 is 10.4 Å². The van der Waals surface area contributed by atoms with Crippen LogP contribution in [0.5, 0.6) is 0 Å². The lowest BCUT2D eigenvalue weighted by atomic mass is 10.1. The van der Waals surface area contributed by atoms with Crippen LogP contribution in [0, 0.1) is 11.3 Å². The van der Waals surface area contributed by atoms with Gasteiger partial charge in [0.15, 0.2) is 5.70 Å². The SMILES string of the molecule is CCCCCCCCC/C(O)=C(\C#N)NC(C)(C)C. The van der Waals surface area contributed by atoms with Crippen molar-refractivity contribution in [3.05, 3.63) is 11.5 Å². The molecule has 0 bridgehead atoms. The van der Waals surface area contributed by atoms with Gasteiger partial charge in [-0.15, -0.1) is 0 Å². The van der Waals surface area contributed by atoms with Crippen molar-refractivity contribution < 1.29 is 5.11 Å². The first-order valence-corrected chi connectivity index (χ1v) is 7.51. The maximum atomic E-state index is 9.91. The molecule has 0 amide bonds. The Morgan fingerprint density at radius 2 is 1.58 bits per heavy atom. The number of hydrogen-bond donors (Lipinski definition) is 2. The molecule has 0 spiro atoms. The van der Waals surface area contributed by atoms with Gasteiger partial charge in [0.05, 0.1) is 0 Å². The average molecular weight is 266 g/mol. The van der Waals surface area contributed by atoms with Crippen molar-refractivity contribution in [1.82, 2.24) is 5.32 Å². The molecule has 0 heterocycles. The first kappa shape index (κ1) is 17.8. The predicted molar refractivity (Wildman–Crippen MR) is 80.8 cm³/mol. The van der Waals surface area contributed by atoms with Crippen LogP contribution in [-0.4, -0.2) is 10.6 Å². The smallest absolute Gasteiger partial charge is 0.151 e. The van der Waals surface area contributed by atoms with E-state index >= 15 is 0 Å². The molecule has 0 rings (SSSR count). The van der Waals surface area contributed by atoms with Gasteiger partial charge in [-0.1, -0.05) is 45.4 Å². The largest absolute Gasteiger partial charge is 0.509 e. The zero-order chi connectivity index (χ0) is 14.7. The predicted octanol–water partition coefficient (Wildman–Crippen LogP) is 4.81. The molecule has 0 aliphatic carbocycles. The Bertz CT molecular complexity index is 308. The monoisotopic (exact) mass is 266 g/mol. The fourth-order valence-electron chi connectivity index (χ4n) is 1.91. The normalized spacial score (nSPS) is 12.8. The number of hydrogen-bond acceptors (Lipinski definition) is 3. The van der Waals surface area contributed by atoms with Crippen LogP contribution < -0.4 is 5.32 Å². The second-order valence-corrected chi connectivity index (χ2v) is 6.18. The summed E-state index contributed by atoms with van der Waals surface area (Å²) in [6, 6.07) is 2.05. The Morgan fingerprint density at radius 1 is 1.05 bits per heavy atom. The Labute approximate surface area is 118 Å². The topological polar surface area (TPSA) is 56.0 Å². The van der Waals surface area contributed by atoms with Crippen molar-refractivity contribution >= 4 is 0 Å². The summed E-state index contributed by atoms with van der Waals surface area (Å²) in [6.45, 7) is 8.15. The van der Waals surface area contributed by atoms with E-state index < -0.39 is 0 Å². The second-order valence-electron chi connectivity index (χ2n) is 6.18. The number of nitrogens with zero attached hydrogens (tertiary/aromatic N) is 1. The van der Waals surface area contributed by atoms with Gasteiger partial charge >= 0.3 is 0 Å². The van der Waals surface area contributed by atoms with Gasteiger partial charge in [-0.25, -0.2) is 0 Å². The van der Waals surface area contributed by atoms with E-state index in [1.54, 1.807) is 0 Å². The van der Waals surface area contributed by atoms with Crippen molar-refractivity contribution in [2.24, 2.45) is 0 Å². The summed E-state index contributed by atoms with van der Waals surface area (Å²) in [5.41, 5.74) is 0.123. The number of allylic oxidation sites excluding steroid dienone is 2. The maximum Gasteiger partial charge on any atom is 0.151 e. The molecule has 0 atom stereocenters. The molecule has 0 saturated heterocycles. The highest BCUT2D eigenvalue weighted by molar-refractivity contribution is 5.23. The van der Waals surface area contributed by atoms with Gasteiger partial charge in [-0.3, -0.25) is 0 Å². The molecule has 0 aliphatic heterocycles. The highest BCUT2D eigenvalue weighted by Crippen LogP contribution is 2.14. The molecule has 0 saturated carbocycles. The van der Waals surface area contributed by atoms with Gasteiger partial charge in [0, 0.05) is 12.0 Å². The molecule has 0 radical (unpaired) electrons. The molecule has 0 fully saturated rings. The van der Waals surface area contributed by atoms with Crippen LogP contribution in [-0.2, 0) is 0 Å². The van der Waals surface area contributed by atoms with Gasteiger partial charge in [0.1, 0.15) is 11.8 Å². The Kier molecular flexibility index (Phi) is 9.12. The summed E-state index contributed by atoms with van der Waals surface area (Å²) in [5.74, 6) is 0.200. The summed E-state index contributed by atoms with van der Waals surface area (Å²) in [5, 5.41) is 22.0. The van der Waals surface area contributed by atoms with Gasteiger partial charge in [0.25, 0.3) is 0 Å². The second kappa shape index (κ2) is 9.72. The number of nitrogens with one attached hydrogen (secondary N) is 1. The number of aliphatic hydroxyl groups excluding tert-OH is 1. The van der Waals surface area contributed by atoms with E-state index in [4.69, 9.17) is 5.26 Å². The lowest BCUT2D eigenvalue weighted by Gasteiger charge is -2.21. The maximum absolute atomic E-state index is 9.91. The van der Waals surface area contributed by atoms with Gasteiger partial charge in [-0.2, -0.15) is 5.26 Å². The third-order valence-corrected chi connectivity index (χ3v) is 2.92. The molecular weight excluding hydrogens is 236 g/mol. The lowest BCUT2D eigenvalue weighted by Crippen LogP contribution is -2.35. The Morgan fingerprint density at radius 3 is 2.05 bits per heavy atom. The molecule has 110 valence electrons. The van der Waals surface area contributed by atoms with E-state index in [-0.39, 0.29) is 11.3 Å².